The normalized spacial score (nSPS) is 11.1. The van der Waals surface area contributed by atoms with Crippen molar-refractivity contribution in [3.63, 3.8) is 0 Å². The Morgan fingerprint density at radius 2 is 1.83 bits per heavy atom. The Hall–Kier alpha value is -3.61. The van der Waals surface area contributed by atoms with Gasteiger partial charge in [0.25, 0.3) is 0 Å². The van der Waals surface area contributed by atoms with Crippen molar-refractivity contribution in [2.75, 3.05) is 5.32 Å². The molecular weight excluding hydrogens is 368 g/mol. The van der Waals surface area contributed by atoms with Crippen LogP contribution in [0.25, 0.3) is 11.1 Å². The maximum atomic E-state index is 12.4. The molecule has 0 aliphatic carbocycles. The van der Waals surface area contributed by atoms with Gasteiger partial charge in [0.2, 0.25) is 5.91 Å². The third-order valence-corrected chi connectivity index (χ3v) is 4.88. The number of rotatable bonds is 7. The lowest BCUT2D eigenvalue weighted by Crippen LogP contribution is -2.21. The molecule has 2 aromatic carbocycles. The van der Waals surface area contributed by atoms with Gasteiger partial charge in [-0.3, -0.25) is 9.36 Å². The SMILES string of the molecule is CCc1ccc(Cn2nccc2NC(=O)CCn2c(=O)oc3ccccc32)cc1. The van der Waals surface area contributed by atoms with Crippen LogP contribution in [0.2, 0.25) is 0 Å². The number of anilines is 1. The van der Waals surface area contributed by atoms with E-state index in [9.17, 15) is 9.59 Å². The Morgan fingerprint density at radius 3 is 2.62 bits per heavy atom. The fraction of sp³-hybridized carbons (Fsp3) is 0.227. The highest BCUT2D eigenvalue weighted by molar-refractivity contribution is 5.89. The molecule has 7 heteroatoms. The summed E-state index contributed by atoms with van der Waals surface area (Å²) in [6, 6.07) is 17.3. The predicted octanol–water partition coefficient (Wildman–Crippen LogP) is 3.43. The second-order valence-electron chi connectivity index (χ2n) is 6.83. The van der Waals surface area contributed by atoms with Crippen LogP contribution >= 0.6 is 0 Å². The molecule has 0 saturated carbocycles. The van der Waals surface area contributed by atoms with Crippen molar-refractivity contribution < 1.29 is 9.21 Å². The Bertz CT molecular complexity index is 1180. The van der Waals surface area contributed by atoms with Crippen LogP contribution in [0.5, 0.6) is 0 Å². The third kappa shape index (κ3) is 4.13. The molecule has 0 radical (unpaired) electrons. The van der Waals surface area contributed by atoms with Gasteiger partial charge in [0.05, 0.1) is 18.3 Å². The summed E-state index contributed by atoms with van der Waals surface area (Å²) < 4.78 is 8.42. The van der Waals surface area contributed by atoms with Crippen LogP contribution in [0.1, 0.15) is 24.5 Å². The number of hydrogen-bond donors (Lipinski definition) is 1. The average Bonchev–Trinajstić information content (AvgIpc) is 3.30. The van der Waals surface area contributed by atoms with E-state index >= 15 is 0 Å². The molecule has 4 rings (SSSR count). The van der Waals surface area contributed by atoms with Gasteiger partial charge in [0, 0.05) is 19.0 Å². The van der Waals surface area contributed by atoms with Gasteiger partial charge in [-0.25, -0.2) is 9.48 Å². The maximum Gasteiger partial charge on any atom is 0.419 e. The topological polar surface area (TPSA) is 82.1 Å². The fourth-order valence-corrected chi connectivity index (χ4v) is 3.26. The molecule has 0 bridgehead atoms. The summed E-state index contributed by atoms with van der Waals surface area (Å²) in [5, 5.41) is 7.18. The number of amides is 1. The quantitative estimate of drug-likeness (QED) is 0.524. The number of carbonyl (C=O) groups excluding carboxylic acids is 1. The number of oxazole rings is 1. The molecule has 0 unspecified atom stereocenters. The molecule has 0 aliphatic heterocycles. The van der Waals surface area contributed by atoms with Crippen LogP contribution in [0.15, 0.2) is 70.0 Å². The Balaban J connectivity index is 1.40. The first-order valence-electron chi connectivity index (χ1n) is 9.62. The number of carbonyl (C=O) groups is 1. The minimum atomic E-state index is -0.459. The molecule has 4 aromatic rings. The van der Waals surface area contributed by atoms with Gasteiger partial charge in [-0.2, -0.15) is 5.10 Å². The largest absolute Gasteiger partial charge is 0.419 e. The Kier molecular flexibility index (Phi) is 5.29. The zero-order valence-corrected chi connectivity index (χ0v) is 16.2. The molecular formula is C22H22N4O3. The highest BCUT2D eigenvalue weighted by Gasteiger charge is 2.12. The molecule has 0 fully saturated rings. The highest BCUT2D eigenvalue weighted by Crippen LogP contribution is 2.14. The lowest BCUT2D eigenvalue weighted by molar-refractivity contribution is -0.116. The summed E-state index contributed by atoms with van der Waals surface area (Å²) >= 11 is 0. The molecule has 0 spiro atoms. The van der Waals surface area contributed by atoms with Crippen LogP contribution in [0, 0.1) is 0 Å². The van der Waals surface area contributed by atoms with Gasteiger partial charge >= 0.3 is 5.76 Å². The average molecular weight is 390 g/mol. The van der Waals surface area contributed by atoms with Crippen molar-refractivity contribution in [1.29, 1.82) is 0 Å². The van der Waals surface area contributed by atoms with Gasteiger partial charge in [-0.15, -0.1) is 0 Å². The molecule has 2 heterocycles. The Labute approximate surface area is 167 Å². The van der Waals surface area contributed by atoms with E-state index in [4.69, 9.17) is 4.42 Å². The number of aryl methyl sites for hydroxylation is 2. The fourth-order valence-electron chi connectivity index (χ4n) is 3.26. The summed E-state index contributed by atoms with van der Waals surface area (Å²) in [6.07, 6.45) is 2.81. The summed E-state index contributed by atoms with van der Waals surface area (Å²) in [6.45, 7) is 2.93. The van der Waals surface area contributed by atoms with E-state index in [-0.39, 0.29) is 18.9 Å². The van der Waals surface area contributed by atoms with Crippen molar-refractivity contribution in [3.05, 3.63) is 82.5 Å². The van der Waals surface area contributed by atoms with E-state index in [1.54, 1.807) is 35.1 Å². The number of benzene rings is 2. The molecule has 29 heavy (non-hydrogen) atoms. The monoisotopic (exact) mass is 390 g/mol. The summed E-state index contributed by atoms with van der Waals surface area (Å²) in [7, 11) is 0. The molecule has 0 saturated heterocycles. The van der Waals surface area contributed by atoms with Crippen molar-refractivity contribution in [2.24, 2.45) is 0 Å². The van der Waals surface area contributed by atoms with Crippen LogP contribution in [-0.2, 0) is 24.3 Å². The van der Waals surface area contributed by atoms with Crippen LogP contribution < -0.4 is 11.1 Å². The molecule has 148 valence electrons. The summed E-state index contributed by atoms with van der Waals surface area (Å²) in [5.41, 5.74) is 3.60. The van der Waals surface area contributed by atoms with Crippen molar-refractivity contribution in [3.8, 4) is 0 Å². The highest BCUT2D eigenvalue weighted by atomic mass is 16.4. The first kappa shape index (κ1) is 18.7. The van der Waals surface area contributed by atoms with Gasteiger partial charge in [0.15, 0.2) is 5.58 Å². The van der Waals surface area contributed by atoms with E-state index in [1.165, 1.54) is 10.1 Å². The van der Waals surface area contributed by atoms with Crippen LogP contribution in [0.3, 0.4) is 0 Å². The smallest absolute Gasteiger partial charge is 0.408 e. The number of para-hydroxylation sites is 2. The number of hydrogen-bond acceptors (Lipinski definition) is 4. The van der Waals surface area contributed by atoms with Crippen molar-refractivity contribution in [2.45, 2.75) is 32.9 Å². The molecule has 2 aromatic heterocycles. The number of nitrogens with one attached hydrogen (secondary N) is 1. The minimum Gasteiger partial charge on any atom is -0.408 e. The number of nitrogens with zero attached hydrogens (tertiary/aromatic N) is 3. The lowest BCUT2D eigenvalue weighted by Gasteiger charge is -2.10. The molecule has 7 nitrogen and oxygen atoms in total. The van der Waals surface area contributed by atoms with E-state index < -0.39 is 5.76 Å². The standard InChI is InChI=1S/C22H22N4O3/c1-2-16-7-9-17(10-8-16)15-26-20(11-13-23-26)24-21(27)12-14-25-18-5-3-4-6-19(18)29-22(25)28/h3-11,13H,2,12,14-15H2,1H3,(H,24,27). The van der Waals surface area contributed by atoms with Gasteiger partial charge in [-0.1, -0.05) is 43.3 Å². The second-order valence-corrected chi connectivity index (χ2v) is 6.83. The summed E-state index contributed by atoms with van der Waals surface area (Å²) in [4.78, 5) is 24.5. The zero-order valence-electron chi connectivity index (χ0n) is 16.2. The Morgan fingerprint density at radius 1 is 1.07 bits per heavy atom. The van der Waals surface area contributed by atoms with Gasteiger partial charge in [-0.05, 0) is 29.7 Å². The van der Waals surface area contributed by atoms with Crippen LogP contribution in [-0.4, -0.2) is 20.3 Å². The first-order valence-corrected chi connectivity index (χ1v) is 9.62. The minimum absolute atomic E-state index is 0.153. The van der Waals surface area contributed by atoms with Crippen molar-refractivity contribution >= 4 is 22.8 Å². The zero-order chi connectivity index (χ0) is 20.2. The van der Waals surface area contributed by atoms with E-state index in [2.05, 4.69) is 41.6 Å². The maximum absolute atomic E-state index is 12.4. The lowest BCUT2D eigenvalue weighted by atomic mass is 10.1. The van der Waals surface area contributed by atoms with Gasteiger partial charge < -0.3 is 9.73 Å². The van der Waals surface area contributed by atoms with E-state index in [0.717, 1.165) is 12.0 Å². The number of aromatic nitrogens is 3. The second kappa shape index (κ2) is 8.18. The van der Waals surface area contributed by atoms with Crippen molar-refractivity contribution in [1.82, 2.24) is 14.3 Å². The first-order chi connectivity index (χ1) is 14.1. The number of fused-ring (bicyclic) bond motifs is 1. The summed E-state index contributed by atoms with van der Waals surface area (Å²) in [5.74, 6) is -0.0243. The predicted molar refractivity (Wildman–Crippen MR) is 111 cm³/mol. The molecule has 1 amide bonds. The van der Waals surface area contributed by atoms with Crippen LogP contribution in [0.4, 0.5) is 5.82 Å². The van der Waals surface area contributed by atoms with Gasteiger partial charge in [0.1, 0.15) is 5.82 Å². The van der Waals surface area contributed by atoms with E-state index in [0.29, 0.717) is 23.5 Å². The van der Waals surface area contributed by atoms with E-state index in [1.807, 2.05) is 6.07 Å². The third-order valence-electron chi connectivity index (χ3n) is 4.88. The molecule has 0 atom stereocenters. The molecule has 1 N–H and O–H groups in total. The molecule has 0 aliphatic rings.